The van der Waals surface area contributed by atoms with Crippen LogP contribution in [0.25, 0.3) is 10.8 Å². The third kappa shape index (κ3) is 5.87. The Labute approximate surface area is 230 Å². The first-order chi connectivity index (χ1) is 19.0. The Bertz CT molecular complexity index is 1520. The lowest BCUT2D eigenvalue weighted by molar-refractivity contribution is -0.990. The normalized spacial score (nSPS) is 12.5. The number of carbonyl (C=O) groups excluding carboxylic acids is 1. The number of phenolic OH excluding ortho intramolecular Hbond substituents is 1. The van der Waals surface area contributed by atoms with Gasteiger partial charge < -0.3 is 25.3 Å². The van der Waals surface area contributed by atoms with Gasteiger partial charge in [-0.15, -0.1) is 0 Å². The maximum absolute atomic E-state index is 13.1. The summed E-state index contributed by atoms with van der Waals surface area (Å²) in [6.45, 7) is 0. The van der Waals surface area contributed by atoms with Gasteiger partial charge in [-0.05, 0) is 35.0 Å². The molecule has 0 radical (unpaired) electrons. The Balaban J connectivity index is 1.84. The minimum Gasteiger partial charge on any atom is -0.595 e. The summed E-state index contributed by atoms with van der Waals surface area (Å²) < 4.78 is 0. The Morgan fingerprint density at radius 3 is 1.70 bits per heavy atom. The number of aromatic hydroxyl groups is 1. The Kier molecular flexibility index (Phi) is 8.30. The smallest absolute Gasteiger partial charge is 0.275 e. The van der Waals surface area contributed by atoms with Crippen LogP contribution in [0.1, 0.15) is 21.5 Å². The summed E-state index contributed by atoms with van der Waals surface area (Å²) in [6, 6.07) is 19.6. The second-order valence-electron chi connectivity index (χ2n) is 9.48. The van der Waals surface area contributed by atoms with Gasteiger partial charge >= 0.3 is 0 Å². The molecule has 1 amide bonds. The lowest BCUT2D eigenvalue weighted by Gasteiger charge is -2.23. The van der Waals surface area contributed by atoms with Crippen molar-refractivity contribution in [3.05, 3.63) is 99.9 Å². The van der Waals surface area contributed by atoms with Crippen LogP contribution in [-0.2, 0) is 0 Å². The van der Waals surface area contributed by atoms with E-state index in [1.807, 2.05) is 18.2 Å². The number of hydrogen-bond donors (Lipinski definition) is 6. The molecular weight excluding hydrogens is 516 g/mol. The van der Waals surface area contributed by atoms with Gasteiger partial charge in [-0.3, -0.25) is 4.79 Å². The zero-order valence-corrected chi connectivity index (χ0v) is 22.3. The number of rotatable bonds is 8. The van der Waals surface area contributed by atoms with E-state index < -0.39 is 16.4 Å². The number of hydrogen-bond acceptors (Lipinski definition) is 9. The van der Waals surface area contributed by atoms with Gasteiger partial charge in [0.05, 0.1) is 11.3 Å². The summed E-state index contributed by atoms with van der Waals surface area (Å²) in [5, 5.41) is 57.7. The third-order valence-electron chi connectivity index (χ3n) is 6.34. The average molecular weight is 547 g/mol. The molecule has 0 saturated carbocycles. The van der Waals surface area contributed by atoms with E-state index in [4.69, 9.17) is 0 Å². The first-order valence-corrected chi connectivity index (χ1v) is 12.2. The molecule has 12 heteroatoms. The van der Waals surface area contributed by atoms with Crippen LogP contribution in [0.5, 0.6) is 5.75 Å². The first kappa shape index (κ1) is 28.4. The van der Waals surface area contributed by atoms with E-state index in [1.54, 1.807) is 68.3 Å². The fourth-order valence-electron chi connectivity index (χ4n) is 4.36. The molecule has 0 heterocycles. The van der Waals surface area contributed by atoms with Crippen LogP contribution in [-0.4, -0.2) is 55.3 Å². The molecule has 2 atom stereocenters. The fraction of sp³-hybridized carbons (Fsp3) is 0.143. The van der Waals surface area contributed by atoms with E-state index in [2.05, 4.69) is 10.5 Å². The zero-order chi connectivity index (χ0) is 29.1. The number of phenols is 1. The molecular formula is C28H30N6O6. The van der Waals surface area contributed by atoms with Crippen LogP contribution in [0.2, 0.25) is 0 Å². The van der Waals surface area contributed by atoms with E-state index in [9.17, 15) is 30.7 Å². The molecule has 4 aromatic carbocycles. The van der Waals surface area contributed by atoms with Gasteiger partial charge in [0.1, 0.15) is 17.1 Å². The molecule has 0 aromatic heterocycles. The minimum absolute atomic E-state index is 0.00271. The summed E-state index contributed by atoms with van der Waals surface area (Å²) in [4.78, 5) is 16.4. The van der Waals surface area contributed by atoms with Crippen molar-refractivity contribution >= 4 is 45.1 Å². The van der Waals surface area contributed by atoms with Gasteiger partial charge in [0.2, 0.25) is 0 Å². The molecule has 40 heavy (non-hydrogen) atoms. The molecule has 4 rings (SSSR count). The second-order valence-corrected chi connectivity index (χ2v) is 9.48. The van der Waals surface area contributed by atoms with Crippen LogP contribution in [0.3, 0.4) is 0 Å². The molecule has 0 fully saturated rings. The number of amides is 1. The molecule has 208 valence electrons. The number of nitrogens with zero attached hydrogens (tertiary/aromatic N) is 3. The summed E-state index contributed by atoms with van der Waals surface area (Å²) in [7, 11) is 6.86. The number of anilines is 2. The van der Waals surface area contributed by atoms with Crippen LogP contribution >= 0.6 is 0 Å². The predicted octanol–water partition coefficient (Wildman–Crippen LogP) is 1.67. The molecule has 12 nitrogen and oxygen atoms in total. The van der Waals surface area contributed by atoms with Crippen molar-refractivity contribution in [3.8, 4) is 5.75 Å². The summed E-state index contributed by atoms with van der Waals surface area (Å²) in [5.74, 6) is -0.938. The number of carbonyl (C=O) groups is 1. The summed E-state index contributed by atoms with van der Waals surface area (Å²) in [5.41, 5.74) is 4.14. The third-order valence-corrected chi connectivity index (χ3v) is 6.34. The van der Waals surface area contributed by atoms with Crippen molar-refractivity contribution < 1.29 is 30.8 Å². The largest absolute Gasteiger partial charge is 0.595 e. The van der Waals surface area contributed by atoms with Crippen LogP contribution in [0.15, 0.2) is 77.9 Å². The van der Waals surface area contributed by atoms with Crippen molar-refractivity contribution in [2.75, 3.05) is 38.0 Å². The van der Waals surface area contributed by atoms with Crippen LogP contribution in [0, 0.1) is 10.4 Å². The van der Waals surface area contributed by atoms with Gasteiger partial charge in [0, 0.05) is 51.5 Å². The Hall–Kier alpha value is -4.56. The maximum Gasteiger partial charge on any atom is 0.275 e. The molecule has 0 aliphatic carbocycles. The molecule has 6 N–H and O–H groups in total. The highest BCUT2D eigenvalue weighted by atomic mass is 16.8. The van der Waals surface area contributed by atoms with Gasteiger partial charge in [0.25, 0.3) is 5.91 Å². The number of quaternary nitrogens is 2. The van der Waals surface area contributed by atoms with Gasteiger partial charge in [-0.25, -0.2) is 15.8 Å². The number of hydrazone groups is 1. The van der Waals surface area contributed by atoms with Crippen LogP contribution < -0.4 is 25.7 Å². The Morgan fingerprint density at radius 1 is 0.775 bits per heavy atom. The van der Waals surface area contributed by atoms with Crippen molar-refractivity contribution in [1.29, 1.82) is 0 Å². The number of benzene rings is 4. The van der Waals surface area contributed by atoms with Crippen molar-refractivity contribution in [2.24, 2.45) is 5.10 Å². The van der Waals surface area contributed by atoms with E-state index in [1.165, 1.54) is 24.3 Å². The highest BCUT2D eigenvalue weighted by Gasteiger charge is 2.20. The van der Waals surface area contributed by atoms with Crippen molar-refractivity contribution in [1.82, 2.24) is 5.43 Å². The molecule has 2 unspecified atom stereocenters. The standard InChI is InChI=1S/C28H30N6O6/c1-31(2)22-11-9-19(14-24(22)33(37)38)27(20-10-12-23(32(3)4)25(15-20)34(39)40)29-30-28(36)21-13-17-7-5-6-8-18(17)16-26(21)35/h5-16,33-35,37,39H,1-4H3,(H,30,36). The molecule has 0 saturated heterocycles. The number of fused-ring (bicyclic) bond motifs is 1. The predicted molar refractivity (Wildman–Crippen MR) is 152 cm³/mol. The van der Waals surface area contributed by atoms with Gasteiger partial charge in [0.15, 0.2) is 11.4 Å². The molecule has 0 aliphatic heterocycles. The van der Waals surface area contributed by atoms with E-state index in [0.29, 0.717) is 22.5 Å². The molecule has 0 spiro atoms. The summed E-state index contributed by atoms with van der Waals surface area (Å²) in [6.07, 6.45) is 0. The molecule has 0 aliphatic rings. The van der Waals surface area contributed by atoms with E-state index >= 15 is 0 Å². The second kappa shape index (κ2) is 11.7. The van der Waals surface area contributed by atoms with Gasteiger partial charge in [-0.2, -0.15) is 15.6 Å². The van der Waals surface area contributed by atoms with Crippen molar-refractivity contribution in [2.45, 2.75) is 0 Å². The highest BCUT2D eigenvalue weighted by Crippen LogP contribution is 2.28. The average Bonchev–Trinajstić information content (AvgIpc) is 2.92. The minimum atomic E-state index is -1.16. The SMILES string of the molecule is CN(C)c1ccc(C(=NNC(=O)c2cc3ccccc3cc2O)c2ccc(N(C)C)c([NH+]([O-])O)c2)cc1[NH+]([O-])O. The van der Waals surface area contributed by atoms with E-state index in [-0.39, 0.29) is 28.4 Å². The molecule has 4 aromatic rings. The fourth-order valence-corrected chi connectivity index (χ4v) is 4.36. The highest BCUT2D eigenvalue weighted by molar-refractivity contribution is 6.14. The Morgan fingerprint density at radius 2 is 1.25 bits per heavy atom. The van der Waals surface area contributed by atoms with Gasteiger partial charge in [-0.1, -0.05) is 36.4 Å². The first-order valence-electron chi connectivity index (χ1n) is 12.2. The zero-order valence-electron chi connectivity index (χ0n) is 22.3. The number of nitrogens with one attached hydrogen (secondary N) is 3. The maximum atomic E-state index is 13.1. The van der Waals surface area contributed by atoms with Crippen molar-refractivity contribution in [3.63, 3.8) is 0 Å². The monoisotopic (exact) mass is 546 g/mol. The summed E-state index contributed by atoms with van der Waals surface area (Å²) >= 11 is 0. The van der Waals surface area contributed by atoms with Crippen LogP contribution in [0.4, 0.5) is 22.7 Å². The lowest BCUT2D eigenvalue weighted by atomic mass is 10.00. The van der Waals surface area contributed by atoms with E-state index in [0.717, 1.165) is 10.8 Å². The lowest BCUT2D eigenvalue weighted by Crippen LogP contribution is -2.99. The quantitative estimate of drug-likeness (QED) is 0.144. The topological polar surface area (TPSA) is 164 Å². The molecule has 0 bridgehead atoms.